The van der Waals surface area contributed by atoms with Crippen molar-refractivity contribution in [3.63, 3.8) is 0 Å². The van der Waals surface area contributed by atoms with Crippen molar-refractivity contribution in [2.24, 2.45) is 5.92 Å². The van der Waals surface area contributed by atoms with Crippen LogP contribution < -0.4 is 5.32 Å². The highest BCUT2D eigenvalue weighted by atomic mass is 35.5. The van der Waals surface area contributed by atoms with Crippen LogP contribution in [-0.2, 0) is 12.6 Å². The molecule has 6 heteroatoms. The predicted molar refractivity (Wildman–Crippen MR) is 70.3 cm³/mol. The van der Waals surface area contributed by atoms with Crippen LogP contribution in [0.5, 0.6) is 0 Å². The number of likely N-dealkylation sites (N-methyl/N-ethyl adjacent to an activating group) is 1. The monoisotopic (exact) mass is 294 g/mol. The van der Waals surface area contributed by atoms with Gasteiger partial charge in [0.1, 0.15) is 0 Å². The minimum Gasteiger partial charge on any atom is -0.317 e. The SMILES string of the molecule is CNC(Cc1ncc(C(F)(F)F)cc1Cl)CC(C)C. The molecule has 19 heavy (non-hydrogen) atoms. The van der Waals surface area contributed by atoms with Crippen molar-refractivity contribution < 1.29 is 13.2 Å². The van der Waals surface area contributed by atoms with Gasteiger partial charge in [-0.2, -0.15) is 13.2 Å². The summed E-state index contributed by atoms with van der Waals surface area (Å²) in [7, 11) is 1.82. The van der Waals surface area contributed by atoms with E-state index in [2.05, 4.69) is 24.1 Å². The molecule has 1 rings (SSSR count). The van der Waals surface area contributed by atoms with Gasteiger partial charge in [0.25, 0.3) is 0 Å². The van der Waals surface area contributed by atoms with Gasteiger partial charge < -0.3 is 5.32 Å². The topological polar surface area (TPSA) is 24.9 Å². The Morgan fingerprint density at radius 1 is 1.37 bits per heavy atom. The van der Waals surface area contributed by atoms with Gasteiger partial charge in [-0.25, -0.2) is 0 Å². The average molecular weight is 295 g/mol. The molecular formula is C13H18ClF3N2. The molecule has 0 amide bonds. The summed E-state index contributed by atoms with van der Waals surface area (Å²) in [5, 5.41) is 3.20. The maximum Gasteiger partial charge on any atom is 0.417 e. The fraction of sp³-hybridized carbons (Fsp3) is 0.615. The molecule has 0 bridgehead atoms. The van der Waals surface area contributed by atoms with Crippen LogP contribution in [0.1, 0.15) is 31.5 Å². The molecule has 108 valence electrons. The van der Waals surface area contributed by atoms with Crippen molar-refractivity contribution in [2.75, 3.05) is 7.05 Å². The van der Waals surface area contributed by atoms with Crippen molar-refractivity contribution in [3.8, 4) is 0 Å². The summed E-state index contributed by atoms with van der Waals surface area (Å²) in [5.74, 6) is 0.491. The second kappa shape index (κ2) is 6.57. The number of aromatic nitrogens is 1. The van der Waals surface area contributed by atoms with Crippen LogP contribution in [0.15, 0.2) is 12.3 Å². The molecule has 0 aliphatic heterocycles. The van der Waals surface area contributed by atoms with Crippen LogP contribution in [0.2, 0.25) is 5.02 Å². The third-order valence-corrected chi connectivity index (χ3v) is 3.18. The van der Waals surface area contributed by atoms with Crippen LogP contribution in [0.25, 0.3) is 0 Å². The number of nitrogens with zero attached hydrogens (tertiary/aromatic N) is 1. The second-order valence-corrected chi connectivity index (χ2v) is 5.38. The Balaban J connectivity index is 2.85. The Morgan fingerprint density at radius 3 is 2.42 bits per heavy atom. The minimum atomic E-state index is -4.41. The lowest BCUT2D eigenvalue weighted by Crippen LogP contribution is -2.29. The lowest BCUT2D eigenvalue weighted by molar-refractivity contribution is -0.137. The summed E-state index contributed by atoms with van der Waals surface area (Å²) in [6.45, 7) is 4.18. The van der Waals surface area contributed by atoms with Crippen LogP contribution >= 0.6 is 11.6 Å². The number of rotatable bonds is 5. The second-order valence-electron chi connectivity index (χ2n) is 4.97. The van der Waals surface area contributed by atoms with E-state index >= 15 is 0 Å². The predicted octanol–water partition coefficient (Wildman–Crippen LogP) is 3.93. The summed E-state index contributed by atoms with van der Waals surface area (Å²) in [6, 6.07) is 1.09. The summed E-state index contributed by atoms with van der Waals surface area (Å²) >= 11 is 5.88. The molecule has 1 unspecified atom stereocenters. The van der Waals surface area contributed by atoms with Gasteiger partial charge in [-0.3, -0.25) is 4.98 Å². The maximum atomic E-state index is 12.5. The van der Waals surface area contributed by atoms with Crippen molar-refractivity contribution in [3.05, 3.63) is 28.5 Å². The van der Waals surface area contributed by atoms with E-state index in [4.69, 9.17) is 11.6 Å². The van der Waals surface area contributed by atoms with Crippen molar-refractivity contribution in [1.29, 1.82) is 0 Å². The van der Waals surface area contributed by atoms with E-state index < -0.39 is 11.7 Å². The number of hydrogen-bond acceptors (Lipinski definition) is 2. The zero-order chi connectivity index (χ0) is 14.6. The van der Waals surface area contributed by atoms with Gasteiger partial charge in [0, 0.05) is 18.7 Å². The molecule has 1 heterocycles. The summed E-state index contributed by atoms with van der Waals surface area (Å²) in [4.78, 5) is 3.85. The van der Waals surface area contributed by atoms with Gasteiger partial charge in [-0.1, -0.05) is 25.4 Å². The standard InChI is InChI=1S/C13H18ClF3N2/c1-8(2)4-10(18-3)6-12-11(14)5-9(7-19-12)13(15,16)17/h5,7-8,10,18H,4,6H2,1-3H3. The minimum absolute atomic E-state index is 0.0684. The summed E-state index contributed by atoms with van der Waals surface area (Å²) in [5.41, 5.74) is -0.319. The fourth-order valence-corrected chi connectivity index (χ4v) is 2.12. The summed E-state index contributed by atoms with van der Waals surface area (Å²) in [6.07, 6.45) is -2.14. The molecule has 0 spiro atoms. The Labute approximate surface area is 116 Å². The van der Waals surface area contributed by atoms with Crippen molar-refractivity contribution >= 4 is 11.6 Å². The number of nitrogens with one attached hydrogen (secondary N) is 1. The lowest BCUT2D eigenvalue weighted by Gasteiger charge is -2.18. The first kappa shape index (κ1) is 16.2. The molecule has 1 atom stereocenters. The highest BCUT2D eigenvalue weighted by Crippen LogP contribution is 2.31. The van der Waals surface area contributed by atoms with Crippen LogP contribution in [-0.4, -0.2) is 18.1 Å². The molecule has 0 saturated heterocycles. The number of hydrogen-bond donors (Lipinski definition) is 1. The number of pyridine rings is 1. The van der Waals surface area contributed by atoms with E-state index in [0.29, 0.717) is 18.0 Å². The fourth-order valence-electron chi connectivity index (χ4n) is 1.88. The molecule has 0 aliphatic carbocycles. The normalized spacial score (nSPS) is 13.9. The molecule has 2 nitrogen and oxygen atoms in total. The number of alkyl halides is 3. The van der Waals surface area contributed by atoms with E-state index in [9.17, 15) is 13.2 Å². The molecule has 1 N–H and O–H groups in total. The van der Waals surface area contributed by atoms with Crippen LogP contribution in [0.3, 0.4) is 0 Å². The zero-order valence-corrected chi connectivity index (χ0v) is 11.9. The highest BCUT2D eigenvalue weighted by molar-refractivity contribution is 6.31. The van der Waals surface area contributed by atoms with Crippen molar-refractivity contribution in [1.82, 2.24) is 10.3 Å². The molecule has 0 aliphatic rings. The molecule has 0 aromatic carbocycles. The quantitative estimate of drug-likeness (QED) is 0.890. The molecule has 1 aromatic heterocycles. The molecule has 0 radical (unpaired) electrons. The van der Waals surface area contributed by atoms with E-state index in [1.54, 1.807) is 0 Å². The molecule has 0 fully saturated rings. The van der Waals surface area contributed by atoms with Crippen LogP contribution in [0.4, 0.5) is 13.2 Å². The Bertz CT molecular complexity index is 419. The first-order chi connectivity index (χ1) is 8.74. The van der Waals surface area contributed by atoms with E-state index in [0.717, 1.165) is 18.7 Å². The molecular weight excluding hydrogens is 277 g/mol. The van der Waals surface area contributed by atoms with E-state index in [-0.39, 0.29) is 11.1 Å². The Hall–Kier alpha value is -0.810. The van der Waals surface area contributed by atoms with Gasteiger partial charge in [0.2, 0.25) is 0 Å². The van der Waals surface area contributed by atoms with Gasteiger partial charge in [0.05, 0.1) is 16.3 Å². The van der Waals surface area contributed by atoms with Crippen LogP contribution in [0, 0.1) is 5.92 Å². The Morgan fingerprint density at radius 2 is 2.00 bits per heavy atom. The van der Waals surface area contributed by atoms with Gasteiger partial charge in [-0.05, 0) is 25.5 Å². The highest BCUT2D eigenvalue weighted by Gasteiger charge is 2.31. The Kier molecular flexibility index (Phi) is 5.62. The van der Waals surface area contributed by atoms with Gasteiger partial charge >= 0.3 is 6.18 Å². The summed E-state index contributed by atoms with van der Waals surface area (Å²) < 4.78 is 37.5. The largest absolute Gasteiger partial charge is 0.417 e. The number of halogens is 4. The van der Waals surface area contributed by atoms with E-state index in [1.807, 2.05) is 7.05 Å². The molecule has 1 aromatic rings. The van der Waals surface area contributed by atoms with E-state index in [1.165, 1.54) is 0 Å². The molecule has 0 saturated carbocycles. The third-order valence-electron chi connectivity index (χ3n) is 2.85. The van der Waals surface area contributed by atoms with Crippen molar-refractivity contribution in [2.45, 2.75) is 38.9 Å². The lowest BCUT2D eigenvalue weighted by atomic mass is 9.99. The maximum absolute atomic E-state index is 12.5. The van der Waals surface area contributed by atoms with Gasteiger partial charge in [0.15, 0.2) is 0 Å². The smallest absolute Gasteiger partial charge is 0.317 e. The zero-order valence-electron chi connectivity index (χ0n) is 11.2. The van der Waals surface area contributed by atoms with Gasteiger partial charge in [-0.15, -0.1) is 0 Å². The first-order valence-electron chi connectivity index (χ1n) is 6.13. The average Bonchev–Trinajstić information content (AvgIpc) is 2.28. The third kappa shape index (κ3) is 4.99. The first-order valence-corrected chi connectivity index (χ1v) is 6.50.